The molecule has 2 heterocycles. The van der Waals surface area contributed by atoms with Crippen molar-refractivity contribution in [2.45, 2.75) is 25.4 Å². The van der Waals surface area contributed by atoms with Gasteiger partial charge in [0.2, 0.25) is 5.89 Å². The number of rotatable bonds is 4. The van der Waals surface area contributed by atoms with Crippen molar-refractivity contribution in [3.8, 4) is 11.3 Å². The van der Waals surface area contributed by atoms with Crippen LogP contribution in [0.1, 0.15) is 18.7 Å². The zero-order valence-corrected chi connectivity index (χ0v) is 11.9. The van der Waals surface area contributed by atoms with E-state index in [0.717, 1.165) is 30.7 Å². The summed E-state index contributed by atoms with van der Waals surface area (Å²) in [5, 5.41) is 10.0. The fraction of sp³-hybridized carbons (Fsp3) is 0.400. The van der Waals surface area contributed by atoms with Crippen molar-refractivity contribution >= 4 is 11.6 Å². The minimum Gasteiger partial charge on any atom is -0.439 e. The molecular formula is C15H17ClN2O2. The highest BCUT2D eigenvalue weighted by molar-refractivity contribution is 6.30. The smallest absolute Gasteiger partial charge is 0.209 e. The molecule has 1 N–H and O–H groups in total. The first kappa shape index (κ1) is 13.6. The summed E-state index contributed by atoms with van der Waals surface area (Å²) in [4.78, 5) is 6.54. The number of aliphatic hydroxyl groups excluding tert-OH is 1. The lowest BCUT2D eigenvalue weighted by Crippen LogP contribution is -2.31. The van der Waals surface area contributed by atoms with Crippen LogP contribution in [0.5, 0.6) is 0 Å². The number of aliphatic hydroxyl groups is 1. The fourth-order valence-electron chi connectivity index (χ4n) is 2.64. The zero-order chi connectivity index (χ0) is 13.9. The number of nitrogens with zero attached hydrogens (tertiary/aromatic N) is 2. The molecule has 1 fully saturated rings. The Balaban J connectivity index is 1.74. The maximum atomic E-state index is 9.32. The molecule has 1 aliphatic rings. The van der Waals surface area contributed by atoms with Crippen molar-refractivity contribution in [3.05, 3.63) is 41.4 Å². The Kier molecular flexibility index (Phi) is 4.05. The highest BCUT2D eigenvalue weighted by Gasteiger charge is 2.25. The zero-order valence-electron chi connectivity index (χ0n) is 11.1. The first-order valence-corrected chi connectivity index (χ1v) is 7.19. The van der Waals surface area contributed by atoms with Crippen molar-refractivity contribution in [1.82, 2.24) is 9.88 Å². The second kappa shape index (κ2) is 5.95. The number of halogens is 1. The van der Waals surface area contributed by atoms with Crippen molar-refractivity contribution < 1.29 is 9.52 Å². The molecule has 5 heteroatoms. The third-order valence-corrected chi connectivity index (χ3v) is 3.95. The Morgan fingerprint density at radius 1 is 1.45 bits per heavy atom. The number of hydrogen-bond donors (Lipinski definition) is 1. The lowest BCUT2D eigenvalue weighted by molar-refractivity contribution is 0.144. The second-order valence-corrected chi connectivity index (χ2v) is 5.51. The molecule has 20 heavy (non-hydrogen) atoms. The lowest BCUT2D eigenvalue weighted by Gasteiger charge is -2.20. The van der Waals surface area contributed by atoms with E-state index in [2.05, 4.69) is 9.88 Å². The first-order chi connectivity index (χ1) is 9.76. The molecule has 0 amide bonds. The highest BCUT2D eigenvalue weighted by atomic mass is 35.5. The molecule has 0 spiro atoms. The van der Waals surface area contributed by atoms with Gasteiger partial charge in [0, 0.05) is 16.6 Å². The van der Waals surface area contributed by atoms with Gasteiger partial charge in [-0.3, -0.25) is 4.90 Å². The van der Waals surface area contributed by atoms with Gasteiger partial charge in [-0.15, -0.1) is 0 Å². The third-order valence-electron chi connectivity index (χ3n) is 3.71. The molecular weight excluding hydrogens is 276 g/mol. The van der Waals surface area contributed by atoms with Crippen molar-refractivity contribution in [1.29, 1.82) is 0 Å². The van der Waals surface area contributed by atoms with Crippen LogP contribution >= 0.6 is 11.6 Å². The number of benzene rings is 1. The van der Waals surface area contributed by atoms with E-state index >= 15 is 0 Å². The standard InChI is InChI=1S/C15H17ClN2O2/c16-12-4-1-3-11(7-12)14-8-17-15(20-14)9-18-6-2-5-13(18)10-19/h1,3-4,7-8,13,19H,2,5-6,9-10H2/t13-/m1/s1. The minimum absolute atomic E-state index is 0.196. The van der Waals surface area contributed by atoms with Crippen molar-refractivity contribution in [2.75, 3.05) is 13.2 Å². The van der Waals surface area contributed by atoms with Crippen molar-refractivity contribution in [3.63, 3.8) is 0 Å². The van der Waals surface area contributed by atoms with Gasteiger partial charge in [0.1, 0.15) is 0 Å². The Hall–Kier alpha value is -1.36. The maximum Gasteiger partial charge on any atom is 0.209 e. The van der Waals surface area contributed by atoms with Gasteiger partial charge in [0.05, 0.1) is 19.3 Å². The first-order valence-electron chi connectivity index (χ1n) is 6.82. The lowest BCUT2D eigenvalue weighted by atomic mass is 10.2. The van der Waals surface area contributed by atoms with Gasteiger partial charge in [-0.05, 0) is 31.5 Å². The van der Waals surface area contributed by atoms with Crippen LogP contribution in [0.4, 0.5) is 0 Å². The van der Waals surface area contributed by atoms with E-state index in [1.807, 2.05) is 24.3 Å². The topological polar surface area (TPSA) is 49.5 Å². The van der Waals surface area contributed by atoms with E-state index in [1.54, 1.807) is 6.20 Å². The van der Waals surface area contributed by atoms with Gasteiger partial charge in [-0.1, -0.05) is 23.7 Å². The van der Waals surface area contributed by atoms with Gasteiger partial charge in [0.25, 0.3) is 0 Å². The molecule has 0 aliphatic carbocycles. The molecule has 4 nitrogen and oxygen atoms in total. The van der Waals surface area contributed by atoms with Gasteiger partial charge < -0.3 is 9.52 Å². The average molecular weight is 293 g/mol. The van der Waals surface area contributed by atoms with Crippen molar-refractivity contribution in [2.24, 2.45) is 0 Å². The number of oxazole rings is 1. The Labute approximate surface area is 123 Å². The van der Waals surface area contributed by atoms with Crippen LogP contribution in [0.3, 0.4) is 0 Å². The van der Waals surface area contributed by atoms with E-state index in [4.69, 9.17) is 16.0 Å². The molecule has 0 bridgehead atoms. The molecule has 0 unspecified atom stereocenters. The van der Waals surface area contributed by atoms with Crippen LogP contribution in [0.15, 0.2) is 34.9 Å². The summed E-state index contributed by atoms with van der Waals surface area (Å²) >= 11 is 5.98. The summed E-state index contributed by atoms with van der Waals surface area (Å²) < 4.78 is 5.79. The maximum absolute atomic E-state index is 9.32. The monoisotopic (exact) mass is 292 g/mol. The van der Waals surface area contributed by atoms with Crippen LogP contribution in [-0.4, -0.2) is 34.2 Å². The summed E-state index contributed by atoms with van der Waals surface area (Å²) in [5.74, 6) is 1.41. The number of hydrogen-bond acceptors (Lipinski definition) is 4. The predicted molar refractivity (Wildman–Crippen MR) is 77.5 cm³/mol. The molecule has 1 atom stereocenters. The summed E-state index contributed by atoms with van der Waals surface area (Å²) in [6.45, 7) is 1.83. The molecule has 0 saturated carbocycles. The van der Waals surface area contributed by atoms with Gasteiger partial charge in [0.15, 0.2) is 5.76 Å². The SMILES string of the molecule is OC[C@H]1CCCN1Cc1ncc(-c2cccc(Cl)c2)o1. The average Bonchev–Trinajstić information content (AvgIpc) is 3.08. The minimum atomic E-state index is 0.196. The molecule has 106 valence electrons. The molecule has 0 radical (unpaired) electrons. The Morgan fingerprint density at radius 2 is 2.35 bits per heavy atom. The summed E-state index contributed by atoms with van der Waals surface area (Å²) in [6, 6.07) is 7.76. The van der Waals surface area contributed by atoms with Gasteiger partial charge in [-0.2, -0.15) is 0 Å². The predicted octanol–water partition coefficient (Wildman–Crippen LogP) is 2.95. The molecule has 1 aromatic carbocycles. The molecule has 2 aromatic rings. The summed E-state index contributed by atoms with van der Waals surface area (Å²) in [6.07, 6.45) is 3.89. The molecule has 1 saturated heterocycles. The van der Waals surface area contributed by atoms with Gasteiger partial charge in [-0.25, -0.2) is 4.98 Å². The van der Waals surface area contributed by atoms with Gasteiger partial charge >= 0.3 is 0 Å². The normalized spacial score (nSPS) is 19.6. The number of aromatic nitrogens is 1. The van der Waals surface area contributed by atoms with Crippen LogP contribution in [0, 0.1) is 0 Å². The molecule has 1 aromatic heterocycles. The third kappa shape index (κ3) is 2.87. The van der Waals surface area contributed by atoms with Crippen LogP contribution in [0.25, 0.3) is 11.3 Å². The van der Waals surface area contributed by atoms with E-state index < -0.39 is 0 Å². The Bertz CT molecular complexity index is 585. The van der Waals surface area contributed by atoms with E-state index in [0.29, 0.717) is 17.5 Å². The molecule has 3 rings (SSSR count). The summed E-state index contributed by atoms with van der Waals surface area (Å²) in [5.41, 5.74) is 0.927. The van der Waals surface area contributed by atoms with Crippen LogP contribution < -0.4 is 0 Å². The fourth-order valence-corrected chi connectivity index (χ4v) is 2.83. The number of likely N-dealkylation sites (tertiary alicyclic amines) is 1. The van der Waals surface area contributed by atoms with Crippen LogP contribution in [0.2, 0.25) is 5.02 Å². The van der Waals surface area contributed by atoms with E-state index in [1.165, 1.54) is 0 Å². The Morgan fingerprint density at radius 3 is 3.15 bits per heavy atom. The van der Waals surface area contributed by atoms with E-state index in [9.17, 15) is 5.11 Å². The highest BCUT2D eigenvalue weighted by Crippen LogP contribution is 2.25. The second-order valence-electron chi connectivity index (χ2n) is 5.08. The largest absolute Gasteiger partial charge is 0.439 e. The molecule has 1 aliphatic heterocycles. The quantitative estimate of drug-likeness (QED) is 0.941. The summed E-state index contributed by atoms with van der Waals surface area (Å²) in [7, 11) is 0. The van der Waals surface area contributed by atoms with E-state index in [-0.39, 0.29) is 12.6 Å². The van der Waals surface area contributed by atoms with Crippen LogP contribution in [-0.2, 0) is 6.54 Å².